The summed E-state index contributed by atoms with van der Waals surface area (Å²) in [4.78, 5) is 13.6. The minimum absolute atomic E-state index is 0.200. The van der Waals surface area contributed by atoms with E-state index in [2.05, 4.69) is 5.32 Å². The molecular formula is C14H28N2O2. The lowest BCUT2D eigenvalue weighted by Gasteiger charge is -2.28. The molecule has 0 aliphatic heterocycles. The Morgan fingerprint density at radius 3 is 2.50 bits per heavy atom. The molecule has 0 radical (unpaired) electrons. The quantitative estimate of drug-likeness (QED) is 0.743. The van der Waals surface area contributed by atoms with E-state index in [0.717, 1.165) is 25.6 Å². The van der Waals surface area contributed by atoms with Crippen LogP contribution in [0.2, 0.25) is 0 Å². The topological polar surface area (TPSA) is 41.6 Å². The van der Waals surface area contributed by atoms with E-state index >= 15 is 0 Å². The second-order valence-corrected chi connectivity index (χ2v) is 6.00. The fourth-order valence-corrected chi connectivity index (χ4v) is 1.89. The van der Waals surface area contributed by atoms with Crippen LogP contribution in [0.3, 0.4) is 0 Å². The molecule has 1 aliphatic carbocycles. The van der Waals surface area contributed by atoms with Gasteiger partial charge in [0.05, 0.1) is 0 Å². The largest absolute Gasteiger partial charge is 0.444 e. The monoisotopic (exact) mass is 256 g/mol. The number of amides is 1. The van der Waals surface area contributed by atoms with Gasteiger partial charge in [-0.15, -0.1) is 0 Å². The molecule has 0 unspecified atom stereocenters. The standard InChI is InChI=1S/C14H28N2O2/c1-5-16(13(17)18-14(2,3)4)11-7-10-15-12-8-6-9-12/h12,15H,5-11H2,1-4H3. The average molecular weight is 256 g/mol. The maximum absolute atomic E-state index is 11.9. The fraction of sp³-hybridized carbons (Fsp3) is 0.929. The number of nitrogens with zero attached hydrogens (tertiary/aromatic N) is 1. The van der Waals surface area contributed by atoms with Crippen molar-refractivity contribution in [2.75, 3.05) is 19.6 Å². The van der Waals surface area contributed by atoms with Crippen LogP contribution in [0.25, 0.3) is 0 Å². The molecule has 1 saturated carbocycles. The normalized spacial score (nSPS) is 16.2. The summed E-state index contributed by atoms with van der Waals surface area (Å²) in [6.45, 7) is 10.2. The molecule has 1 amide bonds. The third-order valence-electron chi connectivity index (χ3n) is 3.18. The molecule has 18 heavy (non-hydrogen) atoms. The van der Waals surface area contributed by atoms with Crippen LogP contribution in [0, 0.1) is 0 Å². The molecular weight excluding hydrogens is 228 g/mol. The van der Waals surface area contributed by atoms with E-state index in [1.54, 1.807) is 4.90 Å². The predicted molar refractivity (Wildman–Crippen MR) is 73.7 cm³/mol. The van der Waals surface area contributed by atoms with Gasteiger partial charge in [-0.2, -0.15) is 0 Å². The summed E-state index contributed by atoms with van der Waals surface area (Å²) in [6, 6.07) is 0.724. The molecule has 0 aromatic rings. The summed E-state index contributed by atoms with van der Waals surface area (Å²) in [5.41, 5.74) is -0.408. The Labute approximate surface area is 111 Å². The van der Waals surface area contributed by atoms with Gasteiger partial charge < -0.3 is 15.0 Å². The van der Waals surface area contributed by atoms with Crippen molar-refractivity contribution in [1.82, 2.24) is 10.2 Å². The van der Waals surface area contributed by atoms with Crippen molar-refractivity contribution < 1.29 is 9.53 Å². The van der Waals surface area contributed by atoms with Crippen LogP contribution in [-0.4, -0.2) is 42.3 Å². The first-order chi connectivity index (χ1) is 8.42. The van der Waals surface area contributed by atoms with Gasteiger partial charge in [0.25, 0.3) is 0 Å². The van der Waals surface area contributed by atoms with E-state index in [0.29, 0.717) is 6.54 Å². The lowest BCUT2D eigenvalue weighted by atomic mass is 9.93. The van der Waals surface area contributed by atoms with E-state index < -0.39 is 5.60 Å². The van der Waals surface area contributed by atoms with Crippen molar-refractivity contribution in [3.8, 4) is 0 Å². The number of rotatable bonds is 6. The van der Waals surface area contributed by atoms with Crippen molar-refractivity contribution in [3.63, 3.8) is 0 Å². The van der Waals surface area contributed by atoms with Crippen molar-refractivity contribution in [2.45, 2.75) is 65.0 Å². The molecule has 0 aromatic carbocycles. The minimum Gasteiger partial charge on any atom is -0.444 e. The fourth-order valence-electron chi connectivity index (χ4n) is 1.89. The molecule has 4 heteroatoms. The lowest BCUT2D eigenvalue weighted by Crippen LogP contribution is -2.40. The van der Waals surface area contributed by atoms with Gasteiger partial charge >= 0.3 is 6.09 Å². The van der Waals surface area contributed by atoms with Crippen LogP contribution in [0.1, 0.15) is 53.4 Å². The molecule has 0 bridgehead atoms. The molecule has 0 spiro atoms. The number of carbonyl (C=O) groups excluding carboxylic acids is 1. The Morgan fingerprint density at radius 1 is 1.39 bits per heavy atom. The summed E-state index contributed by atoms with van der Waals surface area (Å²) >= 11 is 0. The highest BCUT2D eigenvalue weighted by molar-refractivity contribution is 5.68. The number of hydrogen-bond donors (Lipinski definition) is 1. The molecule has 1 aliphatic rings. The third-order valence-corrected chi connectivity index (χ3v) is 3.18. The molecule has 1 fully saturated rings. The second kappa shape index (κ2) is 6.98. The van der Waals surface area contributed by atoms with Crippen molar-refractivity contribution in [1.29, 1.82) is 0 Å². The van der Waals surface area contributed by atoms with Crippen LogP contribution in [0.4, 0.5) is 4.79 Å². The van der Waals surface area contributed by atoms with Gasteiger partial charge in [-0.3, -0.25) is 0 Å². The van der Waals surface area contributed by atoms with Crippen LogP contribution in [-0.2, 0) is 4.74 Å². The molecule has 1 N–H and O–H groups in total. The summed E-state index contributed by atoms with van der Waals surface area (Å²) in [7, 11) is 0. The Balaban J connectivity index is 2.17. The van der Waals surface area contributed by atoms with Gasteiger partial charge in [-0.1, -0.05) is 6.42 Å². The number of hydrogen-bond acceptors (Lipinski definition) is 3. The SMILES string of the molecule is CCN(CCCNC1CCC1)C(=O)OC(C)(C)C. The van der Waals surface area contributed by atoms with Crippen LogP contribution in [0.5, 0.6) is 0 Å². The van der Waals surface area contributed by atoms with E-state index in [-0.39, 0.29) is 6.09 Å². The van der Waals surface area contributed by atoms with E-state index in [1.165, 1.54) is 19.3 Å². The van der Waals surface area contributed by atoms with Gasteiger partial charge in [0, 0.05) is 19.1 Å². The minimum atomic E-state index is -0.408. The van der Waals surface area contributed by atoms with Crippen LogP contribution in [0.15, 0.2) is 0 Å². The number of ether oxygens (including phenoxy) is 1. The Kier molecular flexibility index (Phi) is 5.93. The van der Waals surface area contributed by atoms with Gasteiger partial charge in [0.15, 0.2) is 0 Å². The highest BCUT2D eigenvalue weighted by Gasteiger charge is 2.21. The first kappa shape index (κ1) is 15.3. The maximum atomic E-state index is 11.9. The molecule has 0 saturated heterocycles. The zero-order valence-corrected chi connectivity index (χ0v) is 12.3. The Morgan fingerprint density at radius 2 is 2.06 bits per heavy atom. The van der Waals surface area contributed by atoms with Crippen molar-refractivity contribution in [2.24, 2.45) is 0 Å². The average Bonchev–Trinajstić information content (AvgIpc) is 2.17. The van der Waals surface area contributed by atoms with Crippen molar-refractivity contribution >= 4 is 6.09 Å². The molecule has 0 heterocycles. The molecule has 1 rings (SSSR count). The molecule has 106 valence electrons. The maximum Gasteiger partial charge on any atom is 0.410 e. The molecule has 0 aromatic heterocycles. The van der Waals surface area contributed by atoms with E-state index in [4.69, 9.17) is 4.74 Å². The highest BCUT2D eigenvalue weighted by Crippen LogP contribution is 2.17. The van der Waals surface area contributed by atoms with Crippen molar-refractivity contribution in [3.05, 3.63) is 0 Å². The van der Waals surface area contributed by atoms with Gasteiger partial charge in [-0.05, 0) is 53.5 Å². The molecule has 0 atom stereocenters. The first-order valence-corrected chi connectivity index (χ1v) is 7.13. The van der Waals surface area contributed by atoms with E-state index in [1.807, 2.05) is 27.7 Å². The summed E-state index contributed by atoms with van der Waals surface area (Å²) in [5.74, 6) is 0. The van der Waals surface area contributed by atoms with Gasteiger partial charge in [0.2, 0.25) is 0 Å². The summed E-state index contributed by atoms with van der Waals surface area (Å²) in [5, 5.41) is 3.51. The van der Waals surface area contributed by atoms with Crippen LogP contribution < -0.4 is 5.32 Å². The smallest absolute Gasteiger partial charge is 0.410 e. The van der Waals surface area contributed by atoms with Gasteiger partial charge in [-0.25, -0.2) is 4.79 Å². The van der Waals surface area contributed by atoms with Crippen LogP contribution >= 0.6 is 0 Å². The lowest BCUT2D eigenvalue weighted by molar-refractivity contribution is 0.0258. The highest BCUT2D eigenvalue weighted by atomic mass is 16.6. The summed E-state index contributed by atoms with van der Waals surface area (Å²) in [6.07, 6.45) is 4.77. The zero-order valence-electron chi connectivity index (χ0n) is 12.3. The predicted octanol–water partition coefficient (Wildman–Crippen LogP) is 2.78. The first-order valence-electron chi connectivity index (χ1n) is 7.13. The van der Waals surface area contributed by atoms with E-state index in [9.17, 15) is 4.79 Å². The van der Waals surface area contributed by atoms with Gasteiger partial charge in [0.1, 0.15) is 5.60 Å². The Bertz CT molecular complexity index is 257. The summed E-state index contributed by atoms with van der Waals surface area (Å²) < 4.78 is 5.37. The molecule has 4 nitrogen and oxygen atoms in total. The Hall–Kier alpha value is -0.770. The number of carbonyl (C=O) groups is 1. The number of nitrogens with one attached hydrogen (secondary N) is 1. The third kappa shape index (κ3) is 5.71. The second-order valence-electron chi connectivity index (χ2n) is 6.00. The zero-order chi connectivity index (χ0) is 13.6.